The molecule has 0 saturated carbocycles. The Morgan fingerprint density at radius 2 is 2.07 bits per heavy atom. The van der Waals surface area contributed by atoms with Crippen LogP contribution in [0.15, 0.2) is 27.1 Å². The van der Waals surface area contributed by atoms with Crippen molar-refractivity contribution < 1.29 is 20.0 Å². The third-order valence-corrected chi connectivity index (χ3v) is 3.67. The maximum atomic E-state index is 10.7. The molecule has 0 bridgehead atoms. The number of halogens is 2. The molecule has 0 aliphatic heterocycles. The van der Waals surface area contributed by atoms with Gasteiger partial charge in [0.15, 0.2) is 0 Å². The van der Waals surface area contributed by atoms with Crippen molar-refractivity contribution in [1.82, 2.24) is 0 Å². The molecule has 0 spiro atoms. The summed E-state index contributed by atoms with van der Waals surface area (Å²) < 4.78 is 1.24. The number of hydrogen-bond acceptors (Lipinski definition) is 3. The van der Waals surface area contributed by atoms with Gasteiger partial charge in [0.25, 0.3) is 0 Å². The lowest BCUT2D eigenvalue weighted by molar-refractivity contribution is -0.279. The van der Waals surface area contributed by atoms with Crippen LogP contribution in [0.25, 0.3) is 0 Å². The van der Waals surface area contributed by atoms with Crippen LogP contribution in [0.2, 0.25) is 0 Å². The molecule has 0 aliphatic rings. The lowest BCUT2D eigenvalue weighted by Crippen LogP contribution is -2.14. The summed E-state index contributed by atoms with van der Waals surface area (Å²) in [7, 11) is 0. The predicted molar refractivity (Wildman–Crippen MR) is 55.9 cm³/mol. The quantitative estimate of drug-likeness (QED) is 0.662. The van der Waals surface area contributed by atoms with Crippen molar-refractivity contribution in [3.63, 3.8) is 0 Å². The first-order valence-corrected chi connectivity index (χ1v) is 5.13. The first-order chi connectivity index (χ1) is 6.57. The van der Waals surface area contributed by atoms with E-state index >= 15 is 0 Å². The minimum atomic E-state index is -1.39. The van der Waals surface area contributed by atoms with E-state index in [0.29, 0.717) is 14.5 Å². The molecule has 1 aromatic rings. The van der Waals surface area contributed by atoms with E-state index in [9.17, 15) is 4.79 Å². The van der Waals surface area contributed by atoms with Gasteiger partial charge in [0, 0.05) is 14.5 Å². The molecular formula is C8H6Br2O4. The highest BCUT2D eigenvalue weighted by Gasteiger charge is 2.23. The van der Waals surface area contributed by atoms with Crippen LogP contribution in [0.5, 0.6) is 0 Å². The lowest BCUT2D eigenvalue weighted by Gasteiger charge is -2.11. The zero-order chi connectivity index (χ0) is 10.7. The van der Waals surface area contributed by atoms with Crippen molar-refractivity contribution >= 4 is 37.8 Å². The second-order valence-electron chi connectivity index (χ2n) is 2.47. The Balaban J connectivity index is 3.16. The lowest BCUT2D eigenvalue weighted by atomic mass is 10.1. The smallest absolute Gasteiger partial charge is 0.340 e. The summed E-state index contributed by atoms with van der Waals surface area (Å²) in [5.74, 6) is -1.26. The van der Waals surface area contributed by atoms with Crippen LogP contribution in [0.4, 0.5) is 0 Å². The van der Waals surface area contributed by atoms with Crippen molar-refractivity contribution in [3.05, 3.63) is 32.7 Å². The van der Waals surface area contributed by atoms with E-state index in [2.05, 4.69) is 36.7 Å². The van der Waals surface area contributed by atoms with Crippen molar-refractivity contribution in [3.8, 4) is 0 Å². The summed E-state index contributed by atoms with van der Waals surface area (Å²) >= 11 is 6.40. The van der Waals surface area contributed by atoms with Gasteiger partial charge < -0.3 is 5.11 Å². The number of carbonyl (C=O) groups is 1. The van der Waals surface area contributed by atoms with Gasteiger partial charge >= 0.3 is 5.97 Å². The Bertz CT molecular complexity index is 353. The maximum absolute atomic E-state index is 10.7. The van der Waals surface area contributed by atoms with Gasteiger partial charge in [0.05, 0.1) is 0 Å². The molecule has 14 heavy (non-hydrogen) atoms. The molecule has 0 aromatic heterocycles. The predicted octanol–water partition coefficient (Wildman–Crippen LogP) is 2.83. The molecule has 6 heteroatoms. The highest BCUT2D eigenvalue weighted by molar-refractivity contribution is 9.13. The fraction of sp³-hybridized carbons (Fsp3) is 0.125. The van der Waals surface area contributed by atoms with E-state index in [4.69, 9.17) is 10.4 Å². The number of benzene rings is 1. The van der Waals surface area contributed by atoms with Crippen LogP contribution in [0.3, 0.4) is 0 Å². The average Bonchev–Trinajstić information content (AvgIpc) is 2.13. The average molecular weight is 326 g/mol. The summed E-state index contributed by atoms with van der Waals surface area (Å²) in [6, 6.07) is 4.94. The normalized spacial score (nSPS) is 12.5. The highest BCUT2D eigenvalue weighted by atomic mass is 79.9. The molecule has 0 saturated heterocycles. The number of rotatable bonds is 3. The Labute approximate surface area is 96.7 Å². The molecule has 0 heterocycles. The number of hydrogen-bond donors (Lipinski definition) is 2. The minimum Gasteiger partial charge on any atom is -0.479 e. The van der Waals surface area contributed by atoms with Crippen molar-refractivity contribution in [2.75, 3.05) is 0 Å². The van der Waals surface area contributed by atoms with Gasteiger partial charge in [-0.2, -0.15) is 0 Å². The monoisotopic (exact) mass is 324 g/mol. The number of carboxylic acids is 1. The van der Waals surface area contributed by atoms with Crippen molar-refractivity contribution in [2.24, 2.45) is 0 Å². The zero-order valence-electron chi connectivity index (χ0n) is 6.78. The molecule has 0 amide bonds. The number of carboxylic acid groups (broad SMARTS) is 1. The van der Waals surface area contributed by atoms with Gasteiger partial charge in [-0.1, -0.05) is 12.1 Å². The van der Waals surface area contributed by atoms with E-state index in [0.717, 1.165) is 0 Å². The van der Waals surface area contributed by atoms with Gasteiger partial charge in [-0.15, -0.1) is 0 Å². The first-order valence-electron chi connectivity index (χ1n) is 3.55. The van der Waals surface area contributed by atoms with Gasteiger partial charge in [-0.3, -0.25) is 5.26 Å². The van der Waals surface area contributed by atoms with Crippen LogP contribution >= 0.6 is 31.9 Å². The molecule has 1 unspecified atom stereocenters. The first kappa shape index (κ1) is 11.6. The zero-order valence-corrected chi connectivity index (χ0v) is 9.95. The number of aliphatic carboxylic acids is 1. The van der Waals surface area contributed by atoms with Crippen LogP contribution in [0.1, 0.15) is 11.7 Å². The SMILES string of the molecule is O=C(O)C(OO)c1cccc(Br)c1Br. The second-order valence-corrected chi connectivity index (χ2v) is 4.11. The minimum absolute atomic E-state index is 0.342. The summed E-state index contributed by atoms with van der Waals surface area (Å²) in [5, 5.41) is 17.2. The third-order valence-electron chi connectivity index (χ3n) is 1.59. The van der Waals surface area contributed by atoms with Crippen LogP contribution in [0, 0.1) is 0 Å². The standard InChI is InChI=1S/C8H6Br2O4/c9-5-3-1-2-4(6(5)10)7(14-13)8(11)12/h1-3,7,13H,(H,11,12). The Morgan fingerprint density at radius 1 is 1.43 bits per heavy atom. The van der Waals surface area contributed by atoms with E-state index < -0.39 is 12.1 Å². The van der Waals surface area contributed by atoms with Gasteiger partial charge in [0.2, 0.25) is 6.10 Å². The van der Waals surface area contributed by atoms with Crippen molar-refractivity contribution in [1.29, 1.82) is 0 Å². The summed E-state index contributed by atoms with van der Waals surface area (Å²) in [5.41, 5.74) is 0.342. The van der Waals surface area contributed by atoms with Crippen LogP contribution in [-0.2, 0) is 9.68 Å². The highest BCUT2D eigenvalue weighted by Crippen LogP contribution is 2.31. The summed E-state index contributed by atoms with van der Waals surface area (Å²) in [4.78, 5) is 14.6. The molecule has 76 valence electrons. The molecule has 1 rings (SSSR count). The topological polar surface area (TPSA) is 66.8 Å². The molecule has 0 radical (unpaired) electrons. The van der Waals surface area contributed by atoms with Gasteiger partial charge in [-0.25, -0.2) is 9.68 Å². The molecule has 1 aromatic carbocycles. The van der Waals surface area contributed by atoms with Gasteiger partial charge in [-0.05, 0) is 37.9 Å². The fourth-order valence-corrected chi connectivity index (χ4v) is 1.81. The summed E-state index contributed by atoms with van der Waals surface area (Å²) in [6.07, 6.45) is -1.39. The van der Waals surface area contributed by atoms with E-state index in [1.54, 1.807) is 18.2 Å². The molecule has 1 atom stereocenters. The third kappa shape index (κ3) is 2.33. The fourth-order valence-electron chi connectivity index (χ4n) is 0.958. The molecular weight excluding hydrogens is 320 g/mol. The van der Waals surface area contributed by atoms with Crippen molar-refractivity contribution in [2.45, 2.75) is 6.10 Å². The molecule has 0 fully saturated rings. The summed E-state index contributed by atoms with van der Waals surface area (Å²) in [6.45, 7) is 0. The second kappa shape index (κ2) is 4.88. The molecule has 4 nitrogen and oxygen atoms in total. The van der Waals surface area contributed by atoms with E-state index in [1.807, 2.05) is 0 Å². The largest absolute Gasteiger partial charge is 0.479 e. The van der Waals surface area contributed by atoms with Crippen LogP contribution in [-0.4, -0.2) is 16.3 Å². The van der Waals surface area contributed by atoms with E-state index in [1.165, 1.54) is 0 Å². The Morgan fingerprint density at radius 3 is 2.57 bits per heavy atom. The Hall–Kier alpha value is -0.430. The van der Waals surface area contributed by atoms with Crippen LogP contribution < -0.4 is 0 Å². The molecule has 2 N–H and O–H groups in total. The van der Waals surface area contributed by atoms with Gasteiger partial charge in [0.1, 0.15) is 0 Å². The molecule has 0 aliphatic carbocycles. The maximum Gasteiger partial charge on any atom is 0.340 e. The Kier molecular flexibility index (Phi) is 4.06. The van der Waals surface area contributed by atoms with E-state index in [-0.39, 0.29) is 0 Å².